The highest BCUT2D eigenvalue weighted by Gasteiger charge is 2.06. The van der Waals surface area contributed by atoms with Gasteiger partial charge in [-0.2, -0.15) is 16.4 Å². The van der Waals surface area contributed by atoms with Crippen molar-refractivity contribution in [2.45, 2.75) is 12.8 Å². The van der Waals surface area contributed by atoms with Crippen LogP contribution in [-0.4, -0.2) is 19.1 Å². The Morgan fingerprint density at radius 3 is 2.55 bits per heavy atom. The normalized spacial score (nSPS) is 13.2. The maximum Gasteiger partial charge on any atom is 0.330 e. The van der Waals surface area contributed by atoms with Crippen molar-refractivity contribution in [3.63, 3.8) is 0 Å². The van der Waals surface area contributed by atoms with Gasteiger partial charge in [-0.15, -0.1) is 4.94 Å². The quantitative estimate of drug-likeness (QED) is 0.212. The largest absolute Gasteiger partial charge is 0.593 e. The van der Waals surface area contributed by atoms with Crippen LogP contribution >= 0.6 is 0 Å². The molecule has 0 fully saturated rings. The van der Waals surface area contributed by atoms with E-state index in [-0.39, 0.29) is 18.8 Å². The Morgan fingerprint density at radius 1 is 1.27 bits per heavy atom. The van der Waals surface area contributed by atoms with E-state index in [1.165, 1.54) is 24.3 Å². The highest BCUT2D eigenvalue weighted by molar-refractivity contribution is 5.81. The second-order valence-corrected chi connectivity index (χ2v) is 4.23. The lowest BCUT2D eigenvalue weighted by atomic mass is 10.3. The summed E-state index contributed by atoms with van der Waals surface area (Å²) in [6.07, 6.45) is 2.16. The van der Waals surface area contributed by atoms with Crippen molar-refractivity contribution < 1.29 is 29.8 Å². The smallest absolute Gasteiger partial charge is 0.330 e. The molecule has 0 saturated carbocycles. The number of hydroxylamine groups is 2. The monoisotopic (exact) mass is 313 g/mol. The van der Waals surface area contributed by atoms with Gasteiger partial charge in [0.05, 0.1) is 6.61 Å². The van der Waals surface area contributed by atoms with Gasteiger partial charge in [0.2, 0.25) is 0 Å². The third-order valence-electron chi connectivity index (χ3n) is 2.61. The molecule has 0 aliphatic rings. The van der Waals surface area contributed by atoms with Gasteiger partial charge < -0.3 is 20.0 Å². The molecule has 2 atom stereocenters. The zero-order chi connectivity index (χ0) is 16.4. The zero-order valence-electron chi connectivity index (χ0n) is 11.9. The molecule has 1 aromatic carbocycles. The van der Waals surface area contributed by atoms with Crippen LogP contribution in [0.15, 0.2) is 36.9 Å². The van der Waals surface area contributed by atoms with Crippen LogP contribution in [0.4, 0.5) is 5.69 Å². The number of carbonyl (C=O) groups is 1. The number of nitrogens with one attached hydrogen (secondary N) is 2. The molecule has 1 aromatic rings. The van der Waals surface area contributed by atoms with E-state index in [2.05, 4.69) is 11.5 Å². The van der Waals surface area contributed by atoms with E-state index < -0.39 is 16.4 Å². The highest BCUT2D eigenvalue weighted by Crippen LogP contribution is 2.11. The van der Waals surface area contributed by atoms with E-state index in [4.69, 9.17) is 15.5 Å². The second kappa shape index (κ2) is 9.84. The van der Waals surface area contributed by atoms with Crippen LogP contribution in [0.5, 0.6) is 5.75 Å². The Kier molecular flexibility index (Phi) is 8.07. The van der Waals surface area contributed by atoms with Crippen LogP contribution in [0, 0.1) is 10.4 Å². The number of rotatable bonds is 10. The second-order valence-electron chi connectivity index (χ2n) is 4.23. The van der Waals surface area contributed by atoms with Crippen LogP contribution in [0.25, 0.3) is 0 Å². The molecule has 0 spiro atoms. The minimum atomic E-state index is -0.674. The summed E-state index contributed by atoms with van der Waals surface area (Å²) in [6, 6.07) is 5.81. The van der Waals surface area contributed by atoms with E-state index in [9.17, 15) is 15.2 Å². The fourth-order valence-corrected chi connectivity index (χ4v) is 1.51. The molecule has 0 aliphatic carbocycles. The summed E-state index contributed by atoms with van der Waals surface area (Å²) in [4.78, 5) is 19.9. The predicted octanol–water partition coefficient (Wildman–Crippen LogP) is -1.31. The number of carbonyl (C=O) groups excluding carboxylic acids is 1. The van der Waals surface area contributed by atoms with E-state index in [1.807, 2.05) is 0 Å². The van der Waals surface area contributed by atoms with Crippen molar-refractivity contribution >= 4 is 11.7 Å². The molecule has 0 heterocycles. The molecule has 0 saturated heterocycles. The molecule has 0 amide bonds. The first-order valence-corrected chi connectivity index (χ1v) is 6.58. The van der Waals surface area contributed by atoms with Crippen molar-refractivity contribution in [2.24, 2.45) is 5.90 Å². The molecule has 0 aromatic heterocycles. The van der Waals surface area contributed by atoms with Gasteiger partial charge in [-0.1, -0.05) is 6.58 Å². The molecule has 122 valence electrons. The fraction of sp³-hybridized carbons (Fsp3) is 0.308. The summed E-state index contributed by atoms with van der Waals surface area (Å²) in [7, 11) is 0. The Labute approximate surface area is 127 Å². The number of unbranched alkanes of at least 4 members (excludes halogenated alkanes) is 1. The topological polar surface area (TPSA) is 126 Å². The van der Waals surface area contributed by atoms with E-state index in [0.29, 0.717) is 18.6 Å². The lowest BCUT2D eigenvalue weighted by molar-refractivity contribution is -1.02. The zero-order valence-corrected chi connectivity index (χ0v) is 11.9. The number of hydrogen-bond donors (Lipinski definition) is 3. The first-order valence-electron chi connectivity index (χ1n) is 6.58. The predicted molar refractivity (Wildman–Crippen MR) is 75.9 cm³/mol. The third kappa shape index (κ3) is 6.63. The van der Waals surface area contributed by atoms with E-state index in [1.54, 1.807) is 0 Å². The van der Waals surface area contributed by atoms with Gasteiger partial charge in [-0.05, 0) is 18.6 Å². The molecule has 9 nitrogen and oxygen atoms in total. The lowest BCUT2D eigenvalue weighted by Gasteiger charge is -2.20. The third-order valence-corrected chi connectivity index (χ3v) is 2.61. The SMILES string of the molecule is C=CC(=O)OCCCC[NH+]([O-])Oc1ccc([NH+]([O-])ON)cc1. The van der Waals surface area contributed by atoms with Crippen LogP contribution in [0.1, 0.15) is 12.8 Å². The van der Waals surface area contributed by atoms with Crippen LogP contribution < -0.4 is 21.2 Å². The molecule has 0 radical (unpaired) electrons. The van der Waals surface area contributed by atoms with Gasteiger partial charge in [-0.3, -0.25) is 0 Å². The van der Waals surface area contributed by atoms with Crippen LogP contribution in [0.2, 0.25) is 0 Å². The standard InChI is InChI=1S/C13H19N3O6/c1-2-13(17)20-10-4-3-9-15(18)21-12-7-5-11(6-8-12)16(19)22-14/h2,5-8,15-16H,1,3-4,9-10,14H2. The molecule has 4 N–H and O–H groups in total. The first-order chi connectivity index (χ1) is 10.6. The van der Waals surface area contributed by atoms with Gasteiger partial charge in [-0.25, -0.2) is 4.79 Å². The molecule has 9 heteroatoms. The van der Waals surface area contributed by atoms with Crippen LogP contribution in [-0.2, 0) is 14.5 Å². The average Bonchev–Trinajstić information content (AvgIpc) is 2.54. The Hall–Kier alpha value is -2.01. The van der Waals surface area contributed by atoms with Crippen molar-refractivity contribution in [2.75, 3.05) is 13.2 Å². The van der Waals surface area contributed by atoms with Crippen molar-refractivity contribution in [1.82, 2.24) is 0 Å². The van der Waals surface area contributed by atoms with Gasteiger partial charge in [0, 0.05) is 24.6 Å². The van der Waals surface area contributed by atoms with Gasteiger partial charge >= 0.3 is 5.97 Å². The van der Waals surface area contributed by atoms with Crippen molar-refractivity contribution in [1.29, 1.82) is 0 Å². The molecular formula is C13H19N3O6. The summed E-state index contributed by atoms with van der Waals surface area (Å²) < 4.78 is 4.77. The summed E-state index contributed by atoms with van der Waals surface area (Å²) in [5.41, 5.74) is 0.256. The number of ether oxygens (including phenoxy) is 1. The number of nitrogens with two attached hydrogens (primary N) is 1. The first kappa shape index (κ1) is 18.0. The summed E-state index contributed by atoms with van der Waals surface area (Å²) in [5, 5.41) is 21.6. The van der Waals surface area contributed by atoms with Crippen LogP contribution in [0.3, 0.4) is 0 Å². The Balaban J connectivity index is 2.25. The molecule has 22 heavy (non-hydrogen) atoms. The highest BCUT2D eigenvalue weighted by atomic mass is 16.9. The van der Waals surface area contributed by atoms with Gasteiger partial charge in [0.1, 0.15) is 6.54 Å². The summed E-state index contributed by atoms with van der Waals surface area (Å²) in [5.74, 6) is 4.59. The molecule has 1 rings (SSSR count). The maximum absolute atomic E-state index is 11.6. The number of hydrogen-bond acceptors (Lipinski definition) is 7. The molecule has 0 bridgehead atoms. The summed E-state index contributed by atoms with van der Waals surface area (Å²) >= 11 is 0. The summed E-state index contributed by atoms with van der Waals surface area (Å²) in [6.45, 7) is 3.70. The Bertz CT molecular complexity index is 467. The van der Waals surface area contributed by atoms with E-state index in [0.717, 1.165) is 6.08 Å². The number of esters is 1. The number of benzene rings is 1. The fourth-order valence-electron chi connectivity index (χ4n) is 1.51. The van der Waals surface area contributed by atoms with Gasteiger partial charge in [0.15, 0.2) is 11.4 Å². The minimum Gasteiger partial charge on any atom is -0.593 e. The lowest BCUT2D eigenvalue weighted by Crippen LogP contribution is -3.09. The molecule has 2 unspecified atom stereocenters. The maximum atomic E-state index is 11.6. The molecular weight excluding hydrogens is 294 g/mol. The van der Waals surface area contributed by atoms with Crippen molar-refractivity contribution in [3.8, 4) is 5.75 Å². The number of quaternary nitrogens is 2. The van der Waals surface area contributed by atoms with E-state index >= 15 is 0 Å². The Morgan fingerprint density at radius 2 is 1.95 bits per heavy atom. The van der Waals surface area contributed by atoms with Gasteiger partial charge in [0.25, 0.3) is 0 Å². The minimum absolute atomic E-state index is 0.193. The van der Waals surface area contributed by atoms with Crippen molar-refractivity contribution in [3.05, 3.63) is 47.3 Å². The molecule has 0 aliphatic heterocycles. The average molecular weight is 313 g/mol.